The first-order chi connectivity index (χ1) is 10.1. The van der Waals surface area contributed by atoms with Gasteiger partial charge in [0.25, 0.3) is 5.89 Å². The summed E-state index contributed by atoms with van der Waals surface area (Å²) in [4.78, 5) is 4.27. The van der Waals surface area contributed by atoms with Gasteiger partial charge in [0, 0.05) is 18.8 Å². The van der Waals surface area contributed by atoms with Crippen molar-refractivity contribution in [3.8, 4) is 29.0 Å². The molecule has 0 bridgehead atoms. The van der Waals surface area contributed by atoms with Crippen molar-refractivity contribution in [1.82, 2.24) is 14.7 Å². The molecule has 0 unspecified atom stereocenters. The van der Waals surface area contributed by atoms with E-state index >= 15 is 0 Å². The van der Waals surface area contributed by atoms with Crippen LogP contribution in [0.3, 0.4) is 0 Å². The smallest absolute Gasteiger partial charge is 0.274 e. The number of halogens is 1. The maximum atomic E-state index is 13.4. The molecule has 5 nitrogen and oxygen atoms in total. The number of hydrogen-bond donors (Lipinski definition) is 0. The quantitative estimate of drug-likeness (QED) is 0.724. The van der Waals surface area contributed by atoms with E-state index in [1.54, 1.807) is 36.9 Å². The highest BCUT2D eigenvalue weighted by molar-refractivity contribution is 5.60. The lowest BCUT2D eigenvalue weighted by molar-refractivity contribution is 0.429. The second-order valence-corrected chi connectivity index (χ2v) is 4.78. The molecule has 0 spiro atoms. The van der Waals surface area contributed by atoms with Crippen molar-refractivity contribution in [2.24, 2.45) is 7.05 Å². The molecule has 0 amide bonds. The summed E-state index contributed by atoms with van der Waals surface area (Å²) in [5.74, 6) is 0.255. The van der Waals surface area contributed by atoms with Gasteiger partial charge in [-0.3, -0.25) is 0 Å². The Morgan fingerprint density at radius 1 is 1.29 bits per heavy atom. The first kappa shape index (κ1) is 13.1. The summed E-state index contributed by atoms with van der Waals surface area (Å²) < 4.78 is 20.4. The second kappa shape index (κ2) is 4.87. The summed E-state index contributed by atoms with van der Waals surface area (Å²) in [6, 6.07) is 8.28. The molecule has 104 valence electrons. The van der Waals surface area contributed by atoms with Gasteiger partial charge in [0.1, 0.15) is 17.6 Å². The largest absolute Gasteiger partial charge is 0.345 e. The Hall–Kier alpha value is -2.94. The number of hydrogen-bond acceptors (Lipinski definition) is 4. The van der Waals surface area contributed by atoms with E-state index in [0.29, 0.717) is 22.6 Å². The Morgan fingerprint density at radius 2 is 2.10 bits per heavy atom. The Kier molecular flexibility index (Phi) is 3.03. The zero-order valence-electron chi connectivity index (χ0n) is 11.5. The highest BCUT2D eigenvalue weighted by Crippen LogP contribution is 2.24. The Morgan fingerprint density at radius 3 is 2.76 bits per heavy atom. The molecular formula is C15H11FN4O. The third-order valence-corrected chi connectivity index (χ3v) is 3.08. The SMILES string of the molecule is Cc1cc(F)cc(-c2noc(-c3cc(C#N)cn3C)n2)c1. The maximum Gasteiger partial charge on any atom is 0.274 e. The van der Waals surface area contributed by atoms with E-state index < -0.39 is 0 Å². The minimum absolute atomic E-state index is 0.288. The summed E-state index contributed by atoms with van der Waals surface area (Å²) >= 11 is 0. The van der Waals surface area contributed by atoms with E-state index in [1.165, 1.54) is 12.1 Å². The fourth-order valence-electron chi connectivity index (χ4n) is 2.15. The van der Waals surface area contributed by atoms with Gasteiger partial charge in [-0.05, 0) is 36.8 Å². The van der Waals surface area contributed by atoms with Crippen molar-refractivity contribution in [2.45, 2.75) is 6.92 Å². The van der Waals surface area contributed by atoms with Crippen LogP contribution >= 0.6 is 0 Å². The van der Waals surface area contributed by atoms with Crippen LogP contribution in [-0.4, -0.2) is 14.7 Å². The van der Waals surface area contributed by atoms with Gasteiger partial charge < -0.3 is 9.09 Å². The van der Waals surface area contributed by atoms with Gasteiger partial charge in [0.05, 0.1) is 5.56 Å². The van der Waals surface area contributed by atoms with Crippen LogP contribution in [-0.2, 0) is 7.05 Å². The zero-order valence-corrected chi connectivity index (χ0v) is 11.5. The molecule has 0 saturated heterocycles. The van der Waals surface area contributed by atoms with Crippen LogP contribution in [0.25, 0.3) is 23.0 Å². The molecule has 3 rings (SSSR count). The van der Waals surface area contributed by atoms with Gasteiger partial charge in [-0.2, -0.15) is 10.2 Å². The molecule has 0 aliphatic heterocycles. The predicted molar refractivity (Wildman–Crippen MR) is 73.6 cm³/mol. The predicted octanol–water partition coefficient (Wildman–Crippen LogP) is 3.06. The Bertz CT molecular complexity index is 837. The lowest BCUT2D eigenvalue weighted by atomic mass is 10.1. The van der Waals surface area contributed by atoms with Crippen LogP contribution in [0.15, 0.2) is 35.0 Å². The van der Waals surface area contributed by atoms with Crippen molar-refractivity contribution in [2.75, 3.05) is 0 Å². The zero-order chi connectivity index (χ0) is 15.0. The third kappa shape index (κ3) is 2.41. The normalized spacial score (nSPS) is 10.6. The summed E-state index contributed by atoms with van der Waals surface area (Å²) in [5, 5.41) is 12.8. The number of nitriles is 1. The van der Waals surface area contributed by atoms with Gasteiger partial charge in [0.2, 0.25) is 5.82 Å². The lowest BCUT2D eigenvalue weighted by Gasteiger charge is -1.97. The molecule has 3 aromatic rings. The molecule has 6 heteroatoms. The third-order valence-electron chi connectivity index (χ3n) is 3.08. The van der Waals surface area contributed by atoms with Crippen LogP contribution in [0.1, 0.15) is 11.1 Å². The number of aromatic nitrogens is 3. The molecule has 2 aromatic heterocycles. The molecule has 0 aliphatic carbocycles. The van der Waals surface area contributed by atoms with Gasteiger partial charge in [-0.15, -0.1) is 0 Å². The van der Waals surface area contributed by atoms with Crippen molar-refractivity contribution < 1.29 is 8.91 Å². The summed E-state index contributed by atoms with van der Waals surface area (Å²) in [7, 11) is 1.78. The Balaban J connectivity index is 2.03. The Labute approximate surface area is 120 Å². The average molecular weight is 282 g/mol. The van der Waals surface area contributed by atoms with Crippen LogP contribution < -0.4 is 0 Å². The first-order valence-corrected chi connectivity index (χ1v) is 6.25. The standard InChI is InChI=1S/C15H11FN4O/c1-9-3-11(6-12(16)4-9)14-18-15(21-19-14)13-5-10(7-17)8-20(13)2/h3-6,8H,1-2H3. The van der Waals surface area contributed by atoms with Crippen LogP contribution in [0, 0.1) is 24.1 Å². The van der Waals surface area contributed by atoms with E-state index in [9.17, 15) is 4.39 Å². The van der Waals surface area contributed by atoms with E-state index in [4.69, 9.17) is 9.78 Å². The molecule has 0 saturated carbocycles. The van der Waals surface area contributed by atoms with Crippen molar-refractivity contribution in [3.63, 3.8) is 0 Å². The molecular weight excluding hydrogens is 271 g/mol. The number of benzene rings is 1. The van der Waals surface area contributed by atoms with Gasteiger partial charge in [-0.25, -0.2) is 4.39 Å². The lowest BCUT2D eigenvalue weighted by Crippen LogP contribution is -1.89. The van der Waals surface area contributed by atoms with Gasteiger partial charge in [0.15, 0.2) is 0 Å². The fraction of sp³-hybridized carbons (Fsp3) is 0.133. The van der Waals surface area contributed by atoms with Crippen LogP contribution in [0.2, 0.25) is 0 Å². The van der Waals surface area contributed by atoms with E-state index in [2.05, 4.69) is 16.2 Å². The van der Waals surface area contributed by atoms with Crippen LogP contribution in [0.5, 0.6) is 0 Å². The van der Waals surface area contributed by atoms with E-state index in [0.717, 1.165) is 5.56 Å². The van der Waals surface area contributed by atoms with E-state index in [1.807, 2.05) is 0 Å². The fourth-order valence-corrected chi connectivity index (χ4v) is 2.15. The average Bonchev–Trinajstić information content (AvgIpc) is 3.03. The van der Waals surface area contributed by atoms with Crippen molar-refractivity contribution in [1.29, 1.82) is 5.26 Å². The highest BCUT2D eigenvalue weighted by atomic mass is 19.1. The number of aryl methyl sites for hydroxylation is 2. The number of rotatable bonds is 2. The monoisotopic (exact) mass is 282 g/mol. The summed E-state index contributed by atoms with van der Waals surface area (Å²) in [6.45, 7) is 1.80. The van der Waals surface area contributed by atoms with Crippen molar-refractivity contribution in [3.05, 3.63) is 47.4 Å². The molecule has 0 aliphatic rings. The molecule has 2 heterocycles. The summed E-state index contributed by atoms with van der Waals surface area (Å²) in [6.07, 6.45) is 1.67. The topological polar surface area (TPSA) is 67.6 Å². The van der Waals surface area contributed by atoms with Gasteiger partial charge >= 0.3 is 0 Å². The van der Waals surface area contributed by atoms with E-state index in [-0.39, 0.29) is 11.7 Å². The van der Waals surface area contributed by atoms with Gasteiger partial charge in [-0.1, -0.05) is 5.16 Å². The highest BCUT2D eigenvalue weighted by Gasteiger charge is 2.15. The number of nitrogens with zero attached hydrogens (tertiary/aromatic N) is 4. The minimum Gasteiger partial charge on any atom is -0.345 e. The molecule has 1 aromatic carbocycles. The first-order valence-electron chi connectivity index (χ1n) is 6.25. The van der Waals surface area contributed by atoms with Crippen molar-refractivity contribution >= 4 is 0 Å². The molecule has 21 heavy (non-hydrogen) atoms. The minimum atomic E-state index is -0.345. The molecule has 0 fully saturated rings. The molecule has 0 radical (unpaired) electrons. The molecule has 0 atom stereocenters. The molecule has 0 N–H and O–H groups in total. The second-order valence-electron chi connectivity index (χ2n) is 4.78. The maximum absolute atomic E-state index is 13.4. The van der Waals surface area contributed by atoms with Crippen LogP contribution in [0.4, 0.5) is 4.39 Å². The summed E-state index contributed by atoms with van der Waals surface area (Å²) in [5.41, 5.74) is 2.48.